The van der Waals surface area contributed by atoms with E-state index < -0.39 is 0 Å². The van der Waals surface area contributed by atoms with Crippen molar-refractivity contribution in [2.75, 3.05) is 20.1 Å². The van der Waals surface area contributed by atoms with Gasteiger partial charge in [-0.1, -0.05) is 26.2 Å². The number of nitrogens with one attached hydrogen (secondary N) is 2. The third-order valence-electron chi connectivity index (χ3n) is 4.81. The monoisotopic (exact) mass is 319 g/mol. The van der Waals surface area contributed by atoms with Gasteiger partial charge in [-0.3, -0.25) is 9.67 Å². The average Bonchev–Trinajstić information content (AvgIpc) is 2.95. The zero-order chi connectivity index (χ0) is 16.5. The molecule has 0 spiro atoms. The molecule has 130 valence electrons. The van der Waals surface area contributed by atoms with Crippen molar-refractivity contribution in [1.29, 1.82) is 0 Å². The minimum atomic E-state index is 0.898. The SMILES string of the molecule is CN=C(NCCCc1cnn(C)c1)NCCC1CCCC(C)C1. The van der Waals surface area contributed by atoms with Crippen LogP contribution in [0.2, 0.25) is 0 Å². The summed E-state index contributed by atoms with van der Waals surface area (Å²) >= 11 is 0. The van der Waals surface area contributed by atoms with Crippen molar-refractivity contribution < 1.29 is 0 Å². The Morgan fingerprint density at radius 2 is 2.17 bits per heavy atom. The molecule has 0 radical (unpaired) electrons. The lowest BCUT2D eigenvalue weighted by atomic mass is 9.81. The first-order valence-electron chi connectivity index (χ1n) is 9.09. The van der Waals surface area contributed by atoms with Crippen molar-refractivity contribution in [3.05, 3.63) is 18.0 Å². The van der Waals surface area contributed by atoms with Crippen LogP contribution in [-0.4, -0.2) is 35.9 Å². The standard InChI is InChI=1S/C18H33N5/c1-15-6-4-7-16(12-15)9-11-21-18(19-2)20-10-5-8-17-13-22-23(3)14-17/h13-16H,4-12H2,1-3H3,(H2,19,20,21). The molecule has 1 aliphatic carbocycles. The summed E-state index contributed by atoms with van der Waals surface area (Å²) in [6.45, 7) is 4.36. The molecule has 2 atom stereocenters. The second kappa shape index (κ2) is 9.58. The highest BCUT2D eigenvalue weighted by molar-refractivity contribution is 5.79. The van der Waals surface area contributed by atoms with Gasteiger partial charge in [-0.05, 0) is 43.1 Å². The minimum Gasteiger partial charge on any atom is -0.356 e. The van der Waals surface area contributed by atoms with E-state index in [-0.39, 0.29) is 0 Å². The summed E-state index contributed by atoms with van der Waals surface area (Å²) < 4.78 is 1.86. The molecule has 0 bridgehead atoms. The summed E-state index contributed by atoms with van der Waals surface area (Å²) in [7, 11) is 3.81. The van der Waals surface area contributed by atoms with Gasteiger partial charge in [-0.25, -0.2) is 0 Å². The van der Waals surface area contributed by atoms with E-state index in [0.29, 0.717) is 0 Å². The summed E-state index contributed by atoms with van der Waals surface area (Å²) in [5.41, 5.74) is 1.30. The molecule has 5 heteroatoms. The summed E-state index contributed by atoms with van der Waals surface area (Å²) in [5, 5.41) is 11.1. The van der Waals surface area contributed by atoms with Gasteiger partial charge in [0.15, 0.2) is 5.96 Å². The fourth-order valence-electron chi connectivity index (χ4n) is 3.54. The summed E-state index contributed by atoms with van der Waals surface area (Å²) in [4.78, 5) is 4.31. The predicted molar refractivity (Wildman–Crippen MR) is 96.6 cm³/mol. The molecule has 2 unspecified atom stereocenters. The molecule has 5 nitrogen and oxygen atoms in total. The van der Waals surface area contributed by atoms with Gasteiger partial charge in [0.2, 0.25) is 0 Å². The maximum Gasteiger partial charge on any atom is 0.190 e. The topological polar surface area (TPSA) is 54.2 Å². The lowest BCUT2D eigenvalue weighted by Crippen LogP contribution is -2.39. The Balaban J connectivity index is 1.56. The van der Waals surface area contributed by atoms with Crippen LogP contribution in [0.25, 0.3) is 0 Å². The van der Waals surface area contributed by atoms with Crippen LogP contribution in [0.3, 0.4) is 0 Å². The number of aryl methyl sites for hydroxylation is 2. The number of hydrogen-bond acceptors (Lipinski definition) is 2. The molecule has 0 aromatic carbocycles. The molecule has 0 aliphatic heterocycles. The zero-order valence-corrected chi connectivity index (χ0v) is 15.0. The maximum atomic E-state index is 4.31. The lowest BCUT2D eigenvalue weighted by molar-refractivity contribution is 0.270. The Bertz CT molecular complexity index is 480. The average molecular weight is 319 g/mol. The largest absolute Gasteiger partial charge is 0.356 e. The van der Waals surface area contributed by atoms with E-state index in [2.05, 4.69) is 33.8 Å². The molecule has 1 fully saturated rings. The van der Waals surface area contributed by atoms with E-state index in [1.807, 2.05) is 25.0 Å². The summed E-state index contributed by atoms with van der Waals surface area (Å²) in [5.74, 6) is 2.74. The van der Waals surface area contributed by atoms with Crippen molar-refractivity contribution in [2.24, 2.45) is 23.9 Å². The van der Waals surface area contributed by atoms with Crippen LogP contribution < -0.4 is 10.6 Å². The highest BCUT2D eigenvalue weighted by Gasteiger charge is 2.18. The summed E-state index contributed by atoms with van der Waals surface area (Å²) in [6, 6.07) is 0. The number of aliphatic imine (C=N–C) groups is 1. The van der Waals surface area contributed by atoms with E-state index in [1.54, 1.807) is 0 Å². The molecule has 1 aliphatic rings. The van der Waals surface area contributed by atoms with Crippen LogP contribution in [0.4, 0.5) is 0 Å². The van der Waals surface area contributed by atoms with Crippen LogP contribution >= 0.6 is 0 Å². The van der Waals surface area contributed by atoms with Gasteiger partial charge in [-0.15, -0.1) is 0 Å². The van der Waals surface area contributed by atoms with Gasteiger partial charge in [0.25, 0.3) is 0 Å². The van der Waals surface area contributed by atoms with Gasteiger partial charge in [0, 0.05) is 33.4 Å². The van der Waals surface area contributed by atoms with E-state index in [4.69, 9.17) is 0 Å². The van der Waals surface area contributed by atoms with E-state index in [1.165, 1.54) is 37.7 Å². The van der Waals surface area contributed by atoms with Gasteiger partial charge >= 0.3 is 0 Å². The smallest absolute Gasteiger partial charge is 0.190 e. The maximum absolute atomic E-state index is 4.31. The normalized spacial score (nSPS) is 22.1. The third-order valence-corrected chi connectivity index (χ3v) is 4.81. The molecule has 0 saturated heterocycles. The molecular weight excluding hydrogens is 286 g/mol. The fraction of sp³-hybridized carbons (Fsp3) is 0.778. The highest BCUT2D eigenvalue weighted by atomic mass is 15.2. The van der Waals surface area contributed by atoms with Crippen LogP contribution in [0.5, 0.6) is 0 Å². The first-order chi connectivity index (χ1) is 11.2. The van der Waals surface area contributed by atoms with Gasteiger partial charge in [-0.2, -0.15) is 5.10 Å². The molecule has 1 aromatic rings. The third kappa shape index (κ3) is 6.63. The Hall–Kier alpha value is -1.52. The van der Waals surface area contributed by atoms with Gasteiger partial charge in [0.05, 0.1) is 6.20 Å². The molecule has 23 heavy (non-hydrogen) atoms. The minimum absolute atomic E-state index is 0.898. The second-order valence-corrected chi connectivity index (χ2v) is 6.98. The molecule has 1 saturated carbocycles. The Morgan fingerprint density at radius 1 is 1.35 bits per heavy atom. The van der Waals surface area contributed by atoms with Crippen LogP contribution in [0.15, 0.2) is 17.4 Å². The second-order valence-electron chi connectivity index (χ2n) is 6.98. The lowest BCUT2D eigenvalue weighted by Gasteiger charge is -2.26. The van der Waals surface area contributed by atoms with Gasteiger partial charge < -0.3 is 10.6 Å². The Kier molecular flexibility index (Phi) is 7.43. The number of guanidine groups is 1. The molecule has 1 heterocycles. The van der Waals surface area contributed by atoms with Crippen LogP contribution in [0, 0.1) is 11.8 Å². The molecule has 2 N–H and O–H groups in total. The van der Waals surface area contributed by atoms with Crippen LogP contribution in [0.1, 0.15) is 51.0 Å². The fourth-order valence-corrected chi connectivity index (χ4v) is 3.54. The number of aromatic nitrogens is 2. The Labute approximate surface area is 141 Å². The Morgan fingerprint density at radius 3 is 2.87 bits per heavy atom. The number of rotatable bonds is 7. The van der Waals surface area contributed by atoms with Crippen molar-refractivity contribution in [3.63, 3.8) is 0 Å². The molecule has 0 amide bonds. The van der Waals surface area contributed by atoms with E-state index >= 15 is 0 Å². The zero-order valence-electron chi connectivity index (χ0n) is 15.0. The van der Waals surface area contributed by atoms with Crippen LogP contribution in [-0.2, 0) is 13.5 Å². The van der Waals surface area contributed by atoms with Crippen molar-refractivity contribution >= 4 is 5.96 Å². The van der Waals surface area contributed by atoms with Crippen molar-refractivity contribution in [1.82, 2.24) is 20.4 Å². The van der Waals surface area contributed by atoms with Gasteiger partial charge in [0.1, 0.15) is 0 Å². The van der Waals surface area contributed by atoms with Crippen molar-refractivity contribution in [2.45, 2.75) is 51.9 Å². The van der Waals surface area contributed by atoms with E-state index in [0.717, 1.165) is 43.7 Å². The first-order valence-corrected chi connectivity index (χ1v) is 9.09. The van der Waals surface area contributed by atoms with E-state index in [9.17, 15) is 0 Å². The van der Waals surface area contributed by atoms with Crippen molar-refractivity contribution in [3.8, 4) is 0 Å². The predicted octanol–water partition coefficient (Wildman–Crippen LogP) is 2.73. The molecule has 2 rings (SSSR count). The summed E-state index contributed by atoms with van der Waals surface area (Å²) in [6.07, 6.45) is 13.1. The number of hydrogen-bond donors (Lipinski definition) is 2. The number of nitrogens with zero attached hydrogens (tertiary/aromatic N) is 3. The quantitative estimate of drug-likeness (QED) is 0.461. The first kappa shape index (κ1) is 17.8. The molecule has 1 aromatic heterocycles. The highest BCUT2D eigenvalue weighted by Crippen LogP contribution is 2.30. The molecular formula is C18H33N5.